The Morgan fingerprint density at radius 3 is 2.61 bits per heavy atom. The molecule has 1 N–H and O–H groups in total. The number of carbonyl (C=O) groups is 2. The predicted octanol–water partition coefficient (Wildman–Crippen LogP) is 0.968. The number of aliphatic hydroxyl groups is 1. The van der Waals surface area contributed by atoms with Gasteiger partial charge < -0.3 is 14.6 Å². The van der Waals surface area contributed by atoms with E-state index in [2.05, 4.69) is 0 Å². The highest BCUT2D eigenvalue weighted by molar-refractivity contribution is 5.91. The number of ether oxygens (including phenoxy) is 1. The minimum absolute atomic E-state index is 0.162. The molecule has 1 saturated carbocycles. The smallest absolute Gasteiger partial charge is 0.167 e. The summed E-state index contributed by atoms with van der Waals surface area (Å²) in [6, 6.07) is 9.55. The van der Waals surface area contributed by atoms with E-state index in [1.54, 1.807) is 0 Å². The number of aliphatic hydroxyl groups excluding tert-OH is 1. The standard InChI is InChI=1S/C14H16O4/c15-7-11-6-13(14(17)12(11)8-16)18-9-10-4-2-1-3-5-10/h1-5,7,11-13,16H,6,8-9H2/t11-,12-,13?/m0/s1. The lowest BCUT2D eigenvalue weighted by Crippen LogP contribution is -2.25. The summed E-state index contributed by atoms with van der Waals surface area (Å²) in [6.45, 7) is 0.0639. The third-order valence-corrected chi connectivity index (χ3v) is 3.35. The van der Waals surface area contributed by atoms with Crippen molar-refractivity contribution in [1.82, 2.24) is 0 Å². The van der Waals surface area contributed by atoms with Gasteiger partial charge in [0.2, 0.25) is 0 Å². The molecule has 1 unspecified atom stereocenters. The van der Waals surface area contributed by atoms with Crippen LogP contribution in [0.25, 0.3) is 0 Å². The normalized spacial score (nSPS) is 27.4. The van der Waals surface area contributed by atoms with Gasteiger partial charge in [-0.3, -0.25) is 4.79 Å². The minimum Gasteiger partial charge on any atom is -0.396 e. The highest BCUT2D eigenvalue weighted by Crippen LogP contribution is 2.29. The van der Waals surface area contributed by atoms with Gasteiger partial charge in [0.25, 0.3) is 0 Å². The highest BCUT2D eigenvalue weighted by atomic mass is 16.5. The summed E-state index contributed by atoms with van der Waals surface area (Å²) in [5.41, 5.74) is 0.986. The maximum atomic E-state index is 11.9. The van der Waals surface area contributed by atoms with Crippen LogP contribution >= 0.6 is 0 Å². The first-order chi connectivity index (χ1) is 8.76. The molecule has 4 heteroatoms. The molecule has 1 fully saturated rings. The van der Waals surface area contributed by atoms with E-state index in [4.69, 9.17) is 9.84 Å². The van der Waals surface area contributed by atoms with Crippen LogP contribution < -0.4 is 0 Å². The van der Waals surface area contributed by atoms with Crippen molar-refractivity contribution in [3.05, 3.63) is 35.9 Å². The molecule has 0 heterocycles. The molecule has 1 aromatic rings. The third kappa shape index (κ3) is 2.66. The van der Waals surface area contributed by atoms with Gasteiger partial charge in [0, 0.05) is 5.92 Å². The van der Waals surface area contributed by atoms with Gasteiger partial charge >= 0.3 is 0 Å². The van der Waals surface area contributed by atoms with Gasteiger partial charge in [-0.2, -0.15) is 0 Å². The van der Waals surface area contributed by atoms with Gasteiger partial charge in [-0.05, 0) is 12.0 Å². The van der Waals surface area contributed by atoms with Crippen LogP contribution in [0.5, 0.6) is 0 Å². The largest absolute Gasteiger partial charge is 0.396 e. The molecule has 3 atom stereocenters. The van der Waals surface area contributed by atoms with E-state index in [1.807, 2.05) is 30.3 Å². The zero-order valence-corrected chi connectivity index (χ0v) is 9.99. The Balaban J connectivity index is 1.95. The number of benzene rings is 1. The van der Waals surface area contributed by atoms with Gasteiger partial charge in [-0.15, -0.1) is 0 Å². The van der Waals surface area contributed by atoms with Crippen molar-refractivity contribution in [3.8, 4) is 0 Å². The topological polar surface area (TPSA) is 63.6 Å². The van der Waals surface area contributed by atoms with E-state index < -0.39 is 17.9 Å². The number of aldehydes is 1. The van der Waals surface area contributed by atoms with E-state index in [1.165, 1.54) is 0 Å². The lowest BCUT2D eigenvalue weighted by molar-refractivity contribution is -0.132. The fraction of sp³-hybridized carbons (Fsp3) is 0.429. The fourth-order valence-corrected chi connectivity index (χ4v) is 2.27. The number of hydrogen-bond acceptors (Lipinski definition) is 4. The monoisotopic (exact) mass is 248 g/mol. The second kappa shape index (κ2) is 5.89. The first kappa shape index (κ1) is 12.9. The second-order valence-electron chi connectivity index (χ2n) is 4.51. The van der Waals surface area contributed by atoms with Gasteiger partial charge in [0.1, 0.15) is 12.4 Å². The summed E-state index contributed by atoms with van der Waals surface area (Å²) in [4.78, 5) is 22.7. The summed E-state index contributed by atoms with van der Waals surface area (Å²) in [6.07, 6.45) is 0.544. The molecule has 18 heavy (non-hydrogen) atoms. The van der Waals surface area contributed by atoms with Gasteiger partial charge in [0.15, 0.2) is 5.78 Å². The predicted molar refractivity (Wildman–Crippen MR) is 64.8 cm³/mol. The SMILES string of the molecule is O=C[C@@H]1CC(OCc2ccccc2)C(=O)[C@H]1CO. The van der Waals surface area contributed by atoms with Crippen LogP contribution in [0.4, 0.5) is 0 Å². The van der Waals surface area contributed by atoms with Crippen LogP contribution in [0.1, 0.15) is 12.0 Å². The Hall–Kier alpha value is -1.52. The van der Waals surface area contributed by atoms with Crippen molar-refractivity contribution in [3.63, 3.8) is 0 Å². The summed E-state index contributed by atoms with van der Waals surface area (Å²) in [5.74, 6) is -1.17. The number of Topliss-reactive ketones (excluding diaryl/α,β-unsaturated/α-hetero) is 1. The van der Waals surface area contributed by atoms with Crippen molar-refractivity contribution >= 4 is 12.1 Å². The molecule has 0 bridgehead atoms. The van der Waals surface area contributed by atoms with E-state index in [0.29, 0.717) is 13.0 Å². The van der Waals surface area contributed by atoms with Crippen molar-refractivity contribution in [1.29, 1.82) is 0 Å². The first-order valence-electron chi connectivity index (χ1n) is 6.01. The molecule has 1 aliphatic carbocycles. The summed E-state index contributed by atoms with van der Waals surface area (Å²) in [7, 11) is 0. The molecule has 0 radical (unpaired) electrons. The highest BCUT2D eigenvalue weighted by Gasteiger charge is 2.42. The lowest BCUT2D eigenvalue weighted by atomic mass is 9.98. The summed E-state index contributed by atoms with van der Waals surface area (Å²) in [5, 5.41) is 9.11. The van der Waals surface area contributed by atoms with E-state index in [0.717, 1.165) is 11.8 Å². The molecule has 4 nitrogen and oxygen atoms in total. The average Bonchev–Trinajstić information content (AvgIpc) is 2.73. The molecule has 2 rings (SSSR count). The molecule has 96 valence electrons. The molecule has 0 aromatic heterocycles. The molecule has 0 amide bonds. The molecule has 1 aliphatic rings. The Bertz CT molecular complexity index is 415. The van der Waals surface area contributed by atoms with Crippen LogP contribution in [0.3, 0.4) is 0 Å². The van der Waals surface area contributed by atoms with Crippen molar-refractivity contribution in [2.24, 2.45) is 11.8 Å². The molecule has 1 aromatic carbocycles. The van der Waals surface area contributed by atoms with Crippen molar-refractivity contribution in [2.45, 2.75) is 19.1 Å². The van der Waals surface area contributed by atoms with Gasteiger partial charge in [-0.25, -0.2) is 0 Å². The minimum atomic E-state index is -0.594. The van der Waals surface area contributed by atoms with E-state index in [9.17, 15) is 9.59 Å². The zero-order valence-electron chi connectivity index (χ0n) is 9.99. The van der Waals surface area contributed by atoms with E-state index >= 15 is 0 Å². The summed E-state index contributed by atoms with van der Waals surface area (Å²) < 4.78 is 5.55. The first-order valence-corrected chi connectivity index (χ1v) is 6.01. The third-order valence-electron chi connectivity index (χ3n) is 3.35. The lowest BCUT2D eigenvalue weighted by Gasteiger charge is -2.10. The van der Waals surface area contributed by atoms with Crippen LogP contribution in [0.15, 0.2) is 30.3 Å². The van der Waals surface area contributed by atoms with Crippen molar-refractivity contribution in [2.75, 3.05) is 6.61 Å². The van der Waals surface area contributed by atoms with Crippen molar-refractivity contribution < 1.29 is 19.4 Å². The van der Waals surface area contributed by atoms with Crippen LogP contribution in [0, 0.1) is 11.8 Å². The Morgan fingerprint density at radius 2 is 2.06 bits per heavy atom. The average molecular weight is 248 g/mol. The number of ketones is 1. The van der Waals surface area contributed by atoms with Crippen LogP contribution in [-0.2, 0) is 20.9 Å². The zero-order chi connectivity index (χ0) is 13.0. The quantitative estimate of drug-likeness (QED) is 0.789. The number of hydrogen-bond donors (Lipinski definition) is 1. The Labute approximate surface area is 106 Å². The summed E-state index contributed by atoms with van der Waals surface area (Å²) >= 11 is 0. The Morgan fingerprint density at radius 1 is 1.33 bits per heavy atom. The van der Waals surface area contributed by atoms with Crippen LogP contribution in [0.2, 0.25) is 0 Å². The van der Waals surface area contributed by atoms with Crippen LogP contribution in [-0.4, -0.2) is 29.9 Å². The molecular formula is C14H16O4. The molecule has 0 saturated heterocycles. The van der Waals surface area contributed by atoms with Gasteiger partial charge in [0.05, 0.1) is 19.1 Å². The Kier molecular flexibility index (Phi) is 4.23. The molecule has 0 aliphatic heterocycles. The van der Waals surface area contributed by atoms with Gasteiger partial charge in [-0.1, -0.05) is 30.3 Å². The maximum Gasteiger partial charge on any atom is 0.167 e. The molecular weight excluding hydrogens is 232 g/mol. The fourth-order valence-electron chi connectivity index (χ4n) is 2.27. The second-order valence-corrected chi connectivity index (χ2v) is 4.51. The maximum absolute atomic E-state index is 11.9. The number of carbonyl (C=O) groups excluding carboxylic acids is 2. The van der Waals surface area contributed by atoms with E-state index in [-0.39, 0.29) is 12.4 Å². The number of rotatable bonds is 5. The molecule has 0 spiro atoms.